The summed E-state index contributed by atoms with van der Waals surface area (Å²) in [4.78, 5) is 1.40. The Morgan fingerprint density at radius 2 is 2.13 bits per heavy atom. The lowest BCUT2D eigenvalue weighted by Crippen LogP contribution is -2.32. The minimum Gasteiger partial charge on any atom is -0.330 e. The van der Waals surface area contributed by atoms with E-state index in [4.69, 9.17) is 5.73 Å². The van der Waals surface area contributed by atoms with Gasteiger partial charge in [-0.2, -0.15) is 0 Å². The fourth-order valence-electron chi connectivity index (χ4n) is 1.56. The van der Waals surface area contributed by atoms with Crippen LogP contribution in [0.5, 0.6) is 0 Å². The highest BCUT2D eigenvalue weighted by Crippen LogP contribution is 2.18. The van der Waals surface area contributed by atoms with Gasteiger partial charge in [-0.05, 0) is 43.3 Å². The van der Waals surface area contributed by atoms with Crippen molar-refractivity contribution >= 4 is 11.3 Å². The summed E-state index contributed by atoms with van der Waals surface area (Å²) in [5, 5.41) is 5.67. The second kappa shape index (κ2) is 6.26. The molecule has 0 aliphatic carbocycles. The highest BCUT2D eigenvalue weighted by Gasteiger charge is 2.13. The molecule has 0 spiro atoms. The topological polar surface area (TPSA) is 38.0 Å². The normalized spacial score (nSPS) is 15.5. The van der Waals surface area contributed by atoms with Crippen molar-refractivity contribution in [1.29, 1.82) is 0 Å². The number of nitrogens with two attached hydrogens (primary N) is 1. The lowest BCUT2D eigenvalue weighted by molar-refractivity contribution is 0.357. The summed E-state index contributed by atoms with van der Waals surface area (Å²) >= 11 is 1.80. The summed E-state index contributed by atoms with van der Waals surface area (Å²) in [5.41, 5.74) is 5.74. The first-order valence-electron chi connectivity index (χ1n) is 5.62. The van der Waals surface area contributed by atoms with Crippen molar-refractivity contribution in [3.05, 3.63) is 22.4 Å². The molecule has 1 unspecified atom stereocenters. The number of rotatable bonds is 6. The van der Waals surface area contributed by atoms with Crippen LogP contribution in [-0.2, 0) is 0 Å². The van der Waals surface area contributed by atoms with E-state index in [0.29, 0.717) is 17.9 Å². The molecule has 1 rings (SSSR count). The van der Waals surface area contributed by atoms with Gasteiger partial charge in [0.05, 0.1) is 0 Å². The van der Waals surface area contributed by atoms with Crippen LogP contribution < -0.4 is 11.1 Å². The minimum absolute atomic E-state index is 0.442. The van der Waals surface area contributed by atoms with Crippen molar-refractivity contribution < 1.29 is 0 Å². The van der Waals surface area contributed by atoms with Crippen molar-refractivity contribution in [2.45, 2.75) is 26.8 Å². The molecular formula is C12H22N2S. The number of hydrogen-bond acceptors (Lipinski definition) is 3. The molecule has 2 nitrogen and oxygen atoms in total. The average Bonchev–Trinajstić information content (AvgIpc) is 2.70. The van der Waals surface area contributed by atoms with Crippen molar-refractivity contribution in [2.75, 3.05) is 13.1 Å². The van der Waals surface area contributed by atoms with Crippen LogP contribution in [0.3, 0.4) is 0 Å². The Balaban J connectivity index is 2.36. The van der Waals surface area contributed by atoms with Crippen LogP contribution in [0.4, 0.5) is 0 Å². The van der Waals surface area contributed by atoms with Crippen LogP contribution in [0.25, 0.3) is 0 Å². The Bertz CT molecular complexity index is 257. The van der Waals surface area contributed by atoms with Crippen molar-refractivity contribution in [3.63, 3.8) is 0 Å². The van der Waals surface area contributed by atoms with Gasteiger partial charge < -0.3 is 11.1 Å². The molecule has 3 N–H and O–H groups in total. The SMILES string of the molecule is CC(C)C(CN)CN[C@@H](C)c1cccs1. The Hall–Kier alpha value is -0.380. The lowest BCUT2D eigenvalue weighted by Gasteiger charge is -2.21. The number of thiophene rings is 1. The predicted molar refractivity (Wildman–Crippen MR) is 68.1 cm³/mol. The van der Waals surface area contributed by atoms with E-state index >= 15 is 0 Å². The van der Waals surface area contributed by atoms with E-state index in [2.05, 4.69) is 43.6 Å². The fourth-order valence-corrected chi connectivity index (χ4v) is 2.32. The molecule has 0 saturated heterocycles. The van der Waals surface area contributed by atoms with Crippen molar-refractivity contribution in [3.8, 4) is 0 Å². The molecule has 1 aromatic rings. The highest BCUT2D eigenvalue weighted by molar-refractivity contribution is 7.10. The third kappa shape index (κ3) is 3.93. The fraction of sp³-hybridized carbons (Fsp3) is 0.667. The van der Waals surface area contributed by atoms with E-state index in [-0.39, 0.29) is 0 Å². The number of nitrogens with one attached hydrogen (secondary N) is 1. The highest BCUT2D eigenvalue weighted by atomic mass is 32.1. The van der Waals surface area contributed by atoms with E-state index in [9.17, 15) is 0 Å². The monoisotopic (exact) mass is 226 g/mol. The lowest BCUT2D eigenvalue weighted by atomic mass is 9.96. The molecule has 0 aromatic carbocycles. The molecule has 0 amide bonds. The minimum atomic E-state index is 0.442. The van der Waals surface area contributed by atoms with Gasteiger partial charge in [-0.15, -0.1) is 11.3 Å². The standard InChI is InChI=1S/C12H22N2S/c1-9(2)11(7-13)8-14-10(3)12-5-4-6-15-12/h4-6,9-11,14H,7-8,13H2,1-3H3/t10-,11?/m0/s1. The summed E-state index contributed by atoms with van der Waals surface area (Å²) in [7, 11) is 0. The van der Waals surface area contributed by atoms with Gasteiger partial charge in [0.25, 0.3) is 0 Å². The second-order valence-electron chi connectivity index (χ2n) is 4.39. The quantitative estimate of drug-likeness (QED) is 0.782. The Labute approximate surface area is 96.9 Å². The zero-order chi connectivity index (χ0) is 11.3. The maximum Gasteiger partial charge on any atom is 0.0386 e. The third-order valence-corrected chi connectivity index (χ3v) is 3.96. The average molecular weight is 226 g/mol. The largest absolute Gasteiger partial charge is 0.330 e. The molecule has 0 fully saturated rings. The van der Waals surface area contributed by atoms with Crippen LogP contribution in [0, 0.1) is 11.8 Å². The molecular weight excluding hydrogens is 204 g/mol. The maximum absolute atomic E-state index is 5.74. The summed E-state index contributed by atoms with van der Waals surface area (Å²) < 4.78 is 0. The molecule has 2 atom stereocenters. The summed E-state index contributed by atoms with van der Waals surface area (Å²) in [6.07, 6.45) is 0. The molecule has 1 heterocycles. The van der Waals surface area contributed by atoms with E-state index < -0.39 is 0 Å². The first kappa shape index (κ1) is 12.7. The van der Waals surface area contributed by atoms with Gasteiger partial charge in [0, 0.05) is 10.9 Å². The summed E-state index contributed by atoms with van der Waals surface area (Å²) in [6.45, 7) is 8.44. The van der Waals surface area contributed by atoms with E-state index in [1.165, 1.54) is 4.88 Å². The summed E-state index contributed by atoms with van der Waals surface area (Å²) in [6, 6.07) is 4.72. The molecule has 86 valence electrons. The smallest absolute Gasteiger partial charge is 0.0386 e. The van der Waals surface area contributed by atoms with Crippen LogP contribution in [-0.4, -0.2) is 13.1 Å². The van der Waals surface area contributed by atoms with Gasteiger partial charge in [0.1, 0.15) is 0 Å². The predicted octanol–water partition coefficient (Wildman–Crippen LogP) is 2.63. The molecule has 15 heavy (non-hydrogen) atoms. The molecule has 0 aliphatic rings. The molecule has 0 bridgehead atoms. The number of hydrogen-bond donors (Lipinski definition) is 2. The van der Waals surface area contributed by atoms with E-state index in [1.54, 1.807) is 11.3 Å². The van der Waals surface area contributed by atoms with Gasteiger partial charge in [-0.1, -0.05) is 19.9 Å². The van der Waals surface area contributed by atoms with Crippen LogP contribution in [0.1, 0.15) is 31.7 Å². The van der Waals surface area contributed by atoms with Gasteiger partial charge in [0.15, 0.2) is 0 Å². The molecule has 0 radical (unpaired) electrons. The molecule has 3 heteroatoms. The maximum atomic E-state index is 5.74. The van der Waals surface area contributed by atoms with Gasteiger partial charge in [-0.25, -0.2) is 0 Å². The van der Waals surface area contributed by atoms with Gasteiger partial charge >= 0.3 is 0 Å². The first-order valence-corrected chi connectivity index (χ1v) is 6.50. The second-order valence-corrected chi connectivity index (χ2v) is 5.36. The molecule has 1 aromatic heterocycles. The van der Waals surface area contributed by atoms with Crippen molar-refractivity contribution in [2.24, 2.45) is 17.6 Å². The summed E-state index contributed by atoms with van der Waals surface area (Å²) in [5.74, 6) is 1.23. The first-order chi connectivity index (χ1) is 7.15. The van der Waals surface area contributed by atoms with Crippen molar-refractivity contribution in [1.82, 2.24) is 5.32 Å². The molecule has 0 saturated carbocycles. The Morgan fingerprint density at radius 3 is 2.60 bits per heavy atom. The molecule has 0 aliphatic heterocycles. The Kier molecular flexibility index (Phi) is 5.29. The van der Waals surface area contributed by atoms with E-state index in [0.717, 1.165) is 13.1 Å². The van der Waals surface area contributed by atoms with Crippen LogP contribution in [0.2, 0.25) is 0 Å². The van der Waals surface area contributed by atoms with Crippen LogP contribution in [0.15, 0.2) is 17.5 Å². The third-order valence-electron chi connectivity index (χ3n) is 2.90. The zero-order valence-electron chi connectivity index (χ0n) is 9.86. The van der Waals surface area contributed by atoms with Gasteiger partial charge in [-0.3, -0.25) is 0 Å². The Morgan fingerprint density at radius 1 is 1.40 bits per heavy atom. The van der Waals surface area contributed by atoms with Gasteiger partial charge in [0.2, 0.25) is 0 Å². The van der Waals surface area contributed by atoms with Crippen LogP contribution >= 0.6 is 11.3 Å². The van der Waals surface area contributed by atoms with E-state index in [1.807, 2.05) is 0 Å². The zero-order valence-corrected chi connectivity index (χ0v) is 10.7.